The van der Waals surface area contributed by atoms with Crippen molar-refractivity contribution in [2.24, 2.45) is 11.7 Å². The van der Waals surface area contributed by atoms with Gasteiger partial charge in [0.1, 0.15) is 5.65 Å². The van der Waals surface area contributed by atoms with E-state index in [9.17, 15) is 0 Å². The van der Waals surface area contributed by atoms with Gasteiger partial charge in [-0.15, -0.1) is 0 Å². The van der Waals surface area contributed by atoms with Crippen molar-refractivity contribution in [3.63, 3.8) is 0 Å². The molecule has 2 aromatic rings. The fraction of sp³-hybridized carbons (Fsp3) is 0.562. The molecule has 110 valence electrons. The van der Waals surface area contributed by atoms with E-state index in [0.717, 1.165) is 31.0 Å². The molecule has 2 heterocycles. The minimum absolute atomic E-state index is 0.649. The van der Waals surface area contributed by atoms with Gasteiger partial charge in [-0.3, -0.25) is 0 Å². The van der Waals surface area contributed by atoms with Gasteiger partial charge in [-0.2, -0.15) is 0 Å². The van der Waals surface area contributed by atoms with E-state index in [1.807, 2.05) is 12.1 Å². The first-order valence-corrected chi connectivity index (χ1v) is 7.62. The fourth-order valence-corrected chi connectivity index (χ4v) is 2.53. The van der Waals surface area contributed by atoms with E-state index in [-0.39, 0.29) is 0 Å². The minimum Gasteiger partial charge on any atom is -0.355 e. The van der Waals surface area contributed by atoms with Crippen LogP contribution in [-0.2, 0) is 6.42 Å². The largest absolute Gasteiger partial charge is 0.355 e. The summed E-state index contributed by atoms with van der Waals surface area (Å²) in [6.07, 6.45) is 4.13. The highest BCUT2D eigenvalue weighted by atomic mass is 15.2. The summed E-state index contributed by atoms with van der Waals surface area (Å²) in [5.41, 5.74) is 8.03. The van der Waals surface area contributed by atoms with Crippen LogP contribution >= 0.6 is 0 Å². The van der Waals surface area contributed by atoms with Gasteiger partial charge in [0.15, 0.2) is 5.82 Å². The molecule has 2 aromatic heterocycles. The first-order chi connectivity index (χ1) is 9.71. The Hall–Kier alpha value is -1.55. The number of fused-ring (bicyclic) bond motifs is 1. The lowest BCUT2D eigenvalue weighted by Crippen LogP contribution is -2.29. The SMILES string of the molecule is CCC(C)CN(CC)c1nc2ccccn2c1CCN. The molecule has 2 rings (SSSR count). The van der Waals surface area contributed by atoms with Crippen LogP contribution in [0.2, 0.25) is 0 Å². The quantitative estimate of drug-likeness (QED) is 0.844. The van der Waals surface area contributed by atoms with Crippen LogP contribution in [0.3, 0.4) is 0 Å². The van der Waals surface area contributed by atoms with Crippen molar-refractivity contribution in [3.05, 3.63) is 30.1 Å². The number of anilines is 1. The Labute approximate surface area is 121 Å². The molecule has 0 fully saturated rings. The van der Waals surface area contributed by atoms with Gasteiger partial charge in [0, 0.05) is 25.7 Å². The third-order valence-electron chi connectivity index (χ3n) is 3.90. The summed E-state index contributed by atoms with van der Waals surface area (Å²) in [5, 5.41) is 0. The summed E-state index contributed by atoms with van der Waals surface area (Å²) < 4.78 is 2.17. The molecule has 20 heavy (non-hydrogen) atoms. The third kappa shape index (κ3) is 2.96. The Kier molecular flexibility index (Phi) is 5.01. The molecule has 0 saturated heterocycles. The molecule has 0 aliphatic heterocycles. The molecule has 0 spiro atoms. The van der Waals surface area contributed by atoms with Gasteiger partial charge >= 0.3 is 0 Å². The van der Waals surface area contributed by atoms with E-state index in [1.54, 1.807) is 0 Å². The molecule has 4 nitrogen and oxygen atoms in total. The number of hydrogen-bond donors (Lipinski definition) is 1. The van der Waals surface area contributed by atoms with Crippen molar-refractivity contribution in [1.29, 1.82) is 0 Å². The Bertz CT molecular complexity index is 546. The zero-order valence-corrected chi connectivity index (χ0v) is 12.8. The Morgan fingerprint density at radius 2 is 2.15 bits per heavy atom. The molecule has 0 radical (unpaired) electrons. The smallest absolute Gasteiger partial charge is 0.151 e. The van der Waals surface area contributed by atoms with Crippen LogP contribution < -0.4 is 10.6 Å². The van der Waals surface area contributed by atoms with Crippen LogP contribution in [0.25, 0.3) is 5.65 Å². The van der Waals surface area contributed by atoms with Gasteiger partial charge in [0.05, 0.1) is 5.69 Å². The number of pyridine rings is 1. The molecule has 0 aliphatic rings. The van der Waals surface area contributed by atoms with Gasteiger partial charge < -0.3 is 15.0 Å². The topological polar surface area (TPSA) is 46.6 Å². The second-order valence-corrected chi connectivity index (χ2v) is 5.40. The summed E-state index contributed by atoms with van der Waals surface area (Å²) in [5.74, 6) is 1.77. The van der Waals surface area contributed by atoms with Crippen molar-refractivity contribution >= 4 is 11.5 Å². The number of aromatic nitrogens is 2. The van der Waals surface area contributed by atoms with E-state index < -0.39 is 0 Å². The van der Waals surface area contributed by atoms with Crippen molar-refractivity contribution < 1.29 is 0 Å². The molecule has 0 aromatic carbocycles. The molecule has 2 N–H and O–H groups in total. The maximum atomic E-state index is 5.79. The Morgan fingerprint density at radius 3 is 2.80 bits per heavy atom. The van der Waals surface area contributed by atoms with Crippen LogP contribution in [0.4, 0.5) is 5.82 Å². The molecule has 4 heteroatoms. The second kappa shape index (κ2) is 6.75. The van der Waals surface area contributed by atoms with Crippen LogP contribution in [-0.4, -0.2) is 29.0 Å². The number of rotatable bonds is 7. The maximum absolute atomic E-state index is 5.79. The monoisotopic (exact) mass is 274 g/mol. The standard InChI is InChI=1S/C16H26N4/c1-4-13(3)12-19(5-2)16-14(9-10-17)20-11-7-6-8-15(20)18-16/h6-8,11,13H,4-5,9-10,12,17H2,1-3H3. The van der Waals surface area contributed by atoms with E-state index in [2.05, 4.69) is 42.3 Å². The van der Waals surface area contributed by atoms with Crippen LogP contribution in [0.5, 0.6) is 0 Å². The lowest BCUT2D eigenvalue weighted by Gasteiger charge is -2.25. The van der Waals surface area contributed by atoms with Crippen molar-refractivity contribution in [2.45, 2.75) is 33.6 Å². The zero-order chi connectivity index (χ0) is 14.5. The van der Waals surface area contributed by atoms with Gasteiger partial charge in [0.25, 0.3) is 0 Å². The Morgan fingerprint density at radius 1 is 1.35 bits per heavy atom. The Balaban J connectivity index is 2.42. The number of hydrogen-bond acceptors (Lipinski definition) is 3. The van der Waals surface area contributed by atoms with E-state index in [4.69, 9.17) is 10.7 Å². The average molecular weight is 274 g/mol. The van der Waals surface area contributed by atoms with Crippen molar-refractivity contribution in [2.75, 3.05) is 24.5 Å². The maximum Gasteiger partial charge on any atom is 0.151 e. The van der Waals surface area contributed by atoms with E-state index in [1.165, 1.54) is 12.1 Å². The van der Waals surface area contributed by atoms with E-state index in [0.29, 0.717) is 12.5 Å². The first-order valence-electron chi connectivity index (χ1n) is 7.62. The minimum atomic E-state index is 0.649. The third-order valence-corrected chi connectivity index (χ3v) is 3.90. The average Bonchev–Trinajstić information content (AvgIpc) is 2.84. The fourth-order valence-electron chi connectivity index (χ4n) is 2.53. The predicted octanol–water partition coefficient (Wildman–Crippen LogP) is 2.71. The van der Waals surface area contributed by atoms with E-state index >= 15 is 0 Å². The van der Waals surface area contributed by atoms with Crippen molar-refractivity contribution in [1.82, 2.24) is 9.38 Å². The number of nitrogens with two attached hydrogens (primary N) is 1. The van der Waals surface area contributed by atoms with Gasteiger partial charge in [0.2, 0.25) is 0 Å². The summed E-state index contributed by atoms with van der Waals surface area (Å²) in [6, 6.07) is 6.13. The summed E-state index contributed by atoms with van der Waals surface area (Å²) in [6.45, 7) is 9.40. The van der Waals surface area contributed by atoms with Crippen molar-refractivity contribution in [3.8, 4) is 0 Å². The molecule has 1 unspecified atom stereocenters. The normalized spacial score (nSPS) is 12.8. The predicted molar refractivity (Wildman–Crippen MR) is 85.3 cm³/mol. The highest BCUT2D eigenvalue weighted by Gasteiger charge is 2.17. The summed E-state index contributed by atoms with van der Waals surface area (Å²) in [7, 11) is 0. The van der Waals surface area contributed by atoms with Gasteiger partial charge in [-0.25, -0.2) is 4.98 Å². The molecule has 0 saturated carbocycles. The lowest BCUT2D eigenvalue weighted by atomic mass is 10.1. The van der Waals surface area contributed by atoms with Gasteiger partial charge in [-0.1, -0.05) is 26.3 Å². The zero-order valence-electron chi connectivity index (χ0n) is 12.8. The number of nitrogens with zero attached hydrogens (tertiary/aromatic N) is 3. The second-order valence-electron chi connectivity index (χ2n) is 5.40. The van der Waals surface area contributed by atoms with Crippen LogP contribution in [0.1, 0.15) is 32.9 Å². The molecule has 0 amide bonds. The summed E-state index contributed by atoms with van der Waals surface area (Å²) >= 11 is 0. The first kappa shape index (κ1) is 14.9. The van der Waals surface area contributed by atoms with Crippen LogP contribution in [0.15, 0.2) is 24.4 Å². The highest BCUT2D eigenvalue weighted by molar-refractivity contribution is 5.56. The van der Waals surface area contributed by atoms with Gasteiger partial charge in [-0.05, 0) is 31.5 Å². The molecule has 0 bridgehead atoms. The molecular formula is C16H26N4. The van der Waals surface area contributed by atoms with Crippen LogP contribution in [0, 0.1) is 5.92 Å². The highest BCUT2D eigenvalue weighted by Crippen LogP contribution is 2.23. The molecule has 1 atom stereocenters. The summed E-state index contributed by atoms with van der Waals surface area (Å²) in [4.78, 5) is 7.20. The molecule has 0 aliphatic carbocycles. The lowest BCUT2D eigenvalue weighted by molar-refractivity contribution is 0.545. The number of imidazole rings is 1. The molecular weight excluding hydrogens is 248 g/mol.